The van der Waals surface area contributed by atoms with Crippen molar-refractivity contribution < 1.29 is 19.5 Å². The summed E-state index contributed by atoms with van der Waals surface area (Å²) < 4.78 is 0. The number of carbonyl (C=O) groups excluding carboxylic acids is 2. The quantitative estimate of drug-likeness (QED) is 0.437. The molecule has 2 N–H and O–H groups in total. The van der Waals surface area contributed by atoms with Crippen LogP contribution in [0.15, 0.2) is 71.9 Å². The number of nitrogens with zero attached hydrogens (tertiary/aromatic N) is 1. The van der Waals surface area contributed by atoms with E-state index in [1.807, 2.05) is 60.7 Å². The average Bonchev–Trinajstić information content (AvgIpc) is 2.81. The number of nitrogens with one attached hydrogen (secondary N) is 1. The Morgan fingerprint density at radius 2 is 1.81 bits per heavy atom. The molecular weight excluding hydrogens is 492 g/mol. The number of carboxylic acid groups (broad SMARTS) is 1. The van der Waals surface area contributed by atoms with Crippen LogP contribution in [0, 0.1) is 0 Å². The van der Waals surface area contributed by atoms with Crippen LogP contribution in [0.3, 0.4) is 0 Å². The normalized spacial score (nSPS) is 20.2. The monoisotopic (exact) mass is 512 g/mol. The van der Waals surface area contributed by atoms with Gasteiger partial charge in [-0.3, -0.25) is 14.5 Å². The number of carbonyl (C=O) groups is 3. The van der Waals surface area contributed by atoms with Crippen LogP contribution in [0.1, 0.15) is 16.7 Å². The first-order chi connectivity index (χ1) is 15.5. The Bertz CT molecular complexity index is 1100. The lowest BCUT2D eigenvalue weighted by molar-refractivity contribution is -0.150. The van der Waals surface area contributed by atoms with Gasteiger partial charge in [0.05, 0.1) is 6.42 Å². The molecule has 1 saturated heterocycles. The van der Waals surface area contributed by atoms with E-state index in [1.54, 1.807) is 6.08 Å². The number of aliphatic carboxylic acids is 1. The summed E-state index contributed by atoms with van der Waals surface area (Å²) in [5, 5.41) is 12.9. The summed E-state index contributed by atoms with van der Waals surface area (Å²) >= 11 is 4.87. The van der Waals surface area contributed by atoms with E-state index >= 15 is 0 Å². The molecule has 0 aliphatic carbocycles. The molecule has 0 aromatic heterocycles. The molecule has 2 aliphatic rings. The van der Waals surface area contributed by atoms with Crippen molar-refractivity contribution in [1.29, 1.82) is 0 Å². The van der Waals surface area contributed by atoms with Gasteiger partial charge in [-0.25, -0.2) is 4.79 Å². The van der Waals surface area contributed by atoms with Crippen LogP contribution in [0.2, 0.25) is 0 Å². The fourth-order valence-electron chi connectivity index (χ4n) is 3.69. The van der Waals surface area contributed by atoms with Crippen LogP contribution in [-0.2, 0) is 26.1 Å². The van der Waals surface area contributed by atoms with E-state index in [0.717, 1.165) is 22.0 Å². The highest BCUT2D eigenvalue weighted by atomic mass is 79.9. The van der Waals surface area contributed by atoms with Crippen molar-refractivity contribution in [3.05, 3.63) is 88.6 Å². The first-order valence-electron chi connectivity index (χ1n) is 10.1. The van der Waals surface area contributed by atoms with Gasteiger partial charge in [-0.15, -0.1) is 11.8 Å². The summed E-state index contributed by atoms with van der Waals surface area (Å²) in [4.78, 5) is 38.4. The minimum Gasteiger partial charge on any atom is -0.477 e. The largest absolute Gasteiger partial charge is 0.477 e. The zero-order chi connectivity index (χ0) is 22.7. The maximum absolute atomic E-state index is 12.8. The number of alkyl halides is 1. The highest BCUT2D eigenvalue weighted by Gasteiger charge is 2.53. The predicted molar refractivity (Wildman–Crippen MR) is 128 cm³/mol. The van der Waals surface area contributed by atoms with Crippen LogP contribution in [0.4, 0.5) is 0 Å². The van der Waals surface area contributed by atoms with Crippen molar-refractivity contribution in [1.82, 2.24) is 10.2 Å². The molecule has 4 rings (SSSR count). The standard InChI is InChI=1S/C24H21BrN2O4S/c25-13-17-8-6-15(7-9-17)10-11-18-14-32-23-20(22(29)27(23)21(18)24(30)31)26-19(28)12-16-4-2-1-3-5-16/h1-11,20,23H,12-14H2,(H,26,28)(H,30,31)/b11-10+/t20-,23?/m1/s1. The van der Waals surface area contributed by atoms with E-state index in [-0.39, 0.29) is 18.0 Å². The number of halogens is 1. The summed E-state index contributed by atoms with van der Waals surface area (Å²) in [5.74, 6) is -1.36. The van der Waals surface area contributed by atoms with E-state index in [4.69, 9.17) is 0 Å². The minimum atomic E-state index is -1.15. The Balaban J connectivity index is 1.47. The van der Waals surface area contributed by atoms with Gasteiger partial charge in [0, 0.05) is 11.1 Å². The number of hydrogen-bond acceptors (Lipinski definition) is 4. The van der Waals surface area contributed by atoms with Gasteiger partial charge in [0.25, 0.3) is 5.91 Å². The summed E-state index contributed by atoms with van der Waals surface area (Å²) in [6.45, 7) is 0. The minimum absolute atomic E-state index is 0.0133. The molecule has 8 heteroatoms. The van der Waals surface area contributed by atoms with Crippen LogP contribution < -0.4 is 5.32 Å². The summed E-state index contributed by atoms with van der Waals surface area (Å²) in [5.41, 5.74) is 3.51. The zero-order valence-electron chi connectivity index (χ0n) is 17.0. The third-order valence-corrected chi connectivity index (χ3v) is 7.29. The number of amides is 2. The highest BCUT2D eigenvalue weighted by molar-refractivity contribution is 9.08. The number of thioether (sulfide) groups is 1. The first kappa shape index (κ1) is 22.4. The maximum atomic E-state index is 12.8. The van der Waals surface area contributed by atoms with Crippen molar-refractivity contribution >= 4 is 51.6 Å². The molecule has 0 bridgehead atoms. The summed E-state index contributed by atoms with van der Waals surface area (Å²) in [7, 11) is 0. The smallest absolute Gasteiger partial charge is 0.352 e. The molecule has 32 heavy (non-hydrogen) atoms. The van der Waals surface area contributed by atoms with E-state index in [0.29, 0.717) is 11.3 Å². The topological polar surface area (TPSA) is 86.7 Å². The molecule has 164 valence electrons. The molecule has 2 heterocycles. The van der Waals surface area contributed by atoms with Gasteiger partial charge in [-0.05, 0) is 22.3 Å². The van der Waals surface area contributed by atoms with Crippen molar-refractivity contribution in [3.63, 3.8) is 0 Å². The van der Waals surface area contributed by atoms with Gasteiger partial charge in [-0.1, -0.05) is 82.7 Å². The second-order valence-corrected chi connectivity index (χ2v) is 9.17. The van der Waals surface area contributed by atoms with Crippen molar-refractivity contribution in [2.45, 2.75) is 23.2 Å². The molecule has 1 fully saturated rings. The lowest BCUT2D eigenvalue weighted by Crippen LogP contribution is -2.70. The number of benzene rings is 2. The van der Waals surface area contributed by atoms with Gasteiger partial charge < -0.3 is 10.4 Å². The van der Waals surface area contributed by atoms with Crippen molar-refractivity contribution in [3.8, 4) is 0 Å². The third kappa shape index (κ3) is 4.66. The first-order valence-corrected chi connectivity index (χ1v) is 12.2. The van der Waals surface area contributed by atoms with E-state index < -0.39 is 23.3 Å². The predicted octanol–water partition coefficient (Wildman–Crippen LogP) is 3.58. The van der Waals surface area contributed by atoms with Crippen LogP contribution in [0.5, 0.6) is 0 Å². The Morgan fingerprint density at radius 1 is 1.09 bits per heavy atom. The lowest BCUT2D eigenvalue weighted by atomic mass is 10.0. The average molecular weight is 513 g/mol. The number of hydrogen-bond donors (Lipinski definition) is 2. The number of rotatable bonds is 7. The summed E-state index contributed by atoms with van der Waals surface area (Å²) in [6.07, 6.45) is 3.77. The van der Waals surface area contributed by atoms with Crippen LogP contribution in [0.25, 0.3) is 6.08 Å². The molecule has 0 spiro atoms. The number of fused-ring (bicyclic) bond motifs is 1. The SMILES string of the molecule is O=C(Cc1ccccc1)N[C@@H]1C(=O)N2C(C(=O)O)=C(/C=C/c3ccc(CBr)cc3)CSC12. The number of allylic oxidation sites excluding steroid dienone is 1. The Hall–Kier alpha value is -2.84. The van der Waals surface area contributed by atoms with Crippen LogP contribution >= 0.6 is 27.7 Å². The number of β-lactam (4-membered cyclic amide) rings is 1. The molecule has 6 nitrogen and oxygen atoms in total. The van der Waals surface area contributed by atoms with Crippen LogP contribution in [-0.4, -0.2) is 45.0 Å². The van der Waals surface area contributed by atoms with E-state index in [1.165, 1.54) is 16.7 Å². The van der Waals surface area contributed by atoms with Gasteiger partial charge >= 0.3 is 5.97 Å². The van der Waals surface area contributed by atoms with Gasteiger partial charge in [0.1, 0.15) is 17.1 Å². The molecule has 2 amide bonds. The molecule has 2 atom stereocenters. The molecule has 1 unspecified atom stereocenters. The van der Waals surface area contributed by atoms with Crippen molar-refractivity contribution in [2.75, 3.05) is 5.75 Å². The molecule has 2 aliphatic heterocycles. The van der Waals surface area contributed by atoms with E-state index in [2.05, 4.69) is 21.2 Å². The molecular formula is C24H21BrN2O4S. The highest BCUT2D eigenvalue weighted by Crippen LogP contribution is 2.40. The Kier molecular flexibility index (Phi) is 6.81. The van der Waals surface area contributed by atoms with Crippen molar-refractivity contribution in [2.24, 2.45) is 0 Å². The maximum Gasteiger partial charge on any atom is 0.352 e. The third-order valence-electron chi connectivity index (χ3n) is 5.34. The zero-order valence-corrected chi connectivity index (χ0v) is 19.4. The lowest BCUT2D eigenvalue weighted by Gasteiger charge is -2.49. The molecule has 0 radical (unpaired) electrons. The fourth-order valence-corrected chi connectivity index (χ4v) is 5.38. The summed E-state index contributed by atoms with van der Waals surface area (Å²) in [6, 6.07) is 16.5. The van der Waals surface area contributed by atoms with Gasteiger partial charge in [0.15, 0.2) is 0 Å². The second-order valence-electron chi connectivity index (χ2n) is 7.50. The van der Waals surface area contributed by atoms with Gasteiger partial charge in [0.2, 0.25) is 5.91 Å². The van der Waals surface area contributed by atoms with E-state index in [9.17, 15) is 19.5 Å². The molecule has 2 aromatic rings. The van der Waals surface area contributed by atoms with Gasteiger partial charge in [-0.2, -0.15) is 0 Å². The number of carboxylic acids is 1. The Labute approximate surface area is 198 Å². The Morgan fingerprint density at radius 3 is 2.47 bits per heavy atom. The molecule has 0 saturated carbocycles. The molecule has 2 aromatic carbocycles. The fraction of sp³-hybridized carbons (Fsp3) is 0.208. The second kappa shape index (κ2) is 9.75.